The van der Waals surface area contributed by atoms with Gasteiger partial charge in [0.1, 0.15) is 0 Å². The van der Waals surface area contributed by atoms with Crippen LogP contribution >= 0.6 is 0 Å². The number of aliphatic hydroxyl groups excluding tert-OH is 1. The van der Waals surface area contributed by atoms with Gasteiger partial charge >= 0.3 is 5.97 Å². The topological polar surface area (TPSA) is 60.8 Å². The fraction of sp³-hybridized carbons (Fsp3) is 0.417. The molecule has 1 aliphatic heterocycles. The quantitative estimate of drug-likeness (QED) is 0.783. The number of carboxylic acid groups (broad SMARTS) is 1. The molecule has 1 aliphatic rings. The third kappa shape index (κ3) is 2.40. The molecule has 1 saturated heterocycles. The van der Waals surface area contributed by atoms with Crippen LogP contribution in [0.15, 0.2) is 30.3 Å². The number of aliphatic carboxylic acids is 1. The lowest BCUT2D eigenvalue weighted by atomic mass is 10.1. The molecule has 1 aromatic carbocycles. The minimum atomic E-state index is -0.914. The van der Waals surface area contributed by atoms with Gasteiger partial charge in [-0.2, -0.15) is 0 Å². The highest BCUT2D eigenvalue weighted by Gasteiger charge is 2.36. The van der Waals surface area contributed by atoms with Gasteiger partial charge in [0.15, 0.2) is 0 Å². The number of rotatable bonds is 3. The zero-order valence-electron chi connectivity index (χ0n) is 8.91. The van der Waals surface area contributed by atoms with E-state index in [2.05, 4.69) is 0 Å². The molecule has 2 rings (SSSR count). The Morgan fingerprint density at radius 2 is 2.00 bits per heavy atom. The molecule has 16 heavy (non-hydrogen) atoms. The predicted molar refractivity (Wildman–Crippen MR) is 58.9 cm³/mol. The minimum absolute atomic E-state index is 0.422. The summed E-state index contributed by atoms with van der Waals surface area (Å²) in [7, 11) is 0. The summed E-state index contributed by atoms with van der Waals surface area (Å²) in [5.41, 5.74) is 1.14. The van der Waals surface area contributed by atoms with Gasteiger partial charge in [0.2, 0.25) is 0 Å². The molecule has 2 unspecified atom stereocenters. The molecule has 0 radical (unpaired) electrons. The second kappa shape index (κ2) is 4.63. The molecule has 0 aliphatic carbocycles. The van der Waals surface area contributed by atoms with E-state index in [-0.39, 0.29) is 0 Å². The van der Waals surface area contributed by atoms with Crippen molar-refractivity contribution in [2.45, 2.75) is 12.6 Å². The third-order valence-electron chi connectivity index (χ3n) is 2.93. The van der Waals surface area contributed by atoms with Crippen LogP contribution in [0.3, 0.4) is 0 Å². The lowest BCUT2D eigenvalue weighted by Gasteiger charge is -2.14. The van der Waals surface area contributed by atoms with Crippen molar-refractivity contribution in [1.82, 2.24) is 4.90 Å². The minimum Gasteiger partial charge on any atom is -0.481 e. The molecular weight excluding hydrogens is 206 g/mol. The first-order chi connectivity index (χ1) is 7.66. The number of hydrogen-bond donors (Lipinski definition) is 2. The van der Waals surface area contributed by atoms with Crippen LogP contribution in [0.25, 0.3) is 0 Å². The normalized spacial score (nSPS) is 25.8. The fourth-order valence-electron chi connectivity index (χ4n) is 2.08. The zero-order valence-corrected chi connectivity index (χ0v) is 8.91. The molecule has 2 N–H and O–H groups in total. The summed E-state index contributed by atoms with van der Waals surface area (Å²) in [4.78, 5) is 12.8. The van der Waals surface area contributed by atoms with Crippen molar-refractivity contribution in [3.05, 3.63) is 35.9 Å². The van der Waals surface area contributed by atoms with Gasteiger partial charge in [0.05, 0.1) is 12.0 Å². The van der Waals surface area contributed by atoms with Gasteiger partial charge < -0.3 is 10.2 Å². The Bertz CT molecular complexity index is 366. The number of benzene rings is 1. The number of likely N-dealkylation sites (tertiary alicyclic amines) is 1. The van der Waals surface area contributed by atoms with Gasteiger partial charge in [-0.25, -0.2) is 0 Å². The Balaban J connectivity index is 1.96. The van der Waals surface area contributed by atoms with Gasteiger partial charge in [-0.1, -0.05) is 30.3 Å². The van der Waals surface area contributed by atoms with Crippen LogP contribution in [0.5, 0.6) is 0 Å². The van der Waals surface area contributed by atoms with E-state index in [0.717, 1.165) is 5.56 Å². The molecule has 86 valence electrons. The highest BCUT2D eigenvalue weighted by molar-refractivity contribution is 5.71. The molecule has 0 spiro atoms. The number of carboxylic acids is 1. The first kappa shape index (κ1) is 11.1. The molecule has 2 atom stereocenters. The predicted octanol–water partition coefficient (Wildman–Crippen LogP) is 0.564. The number of β-amino-alcohol motifs (C(OH)–C–C–N with tert-alkyl or cyclic N) is 1. The van der Waals surface area contributed by atoms with Gasteiger partial charge in [-0.15, -0.1) is 0 Å². The van der Waals surface area contributed by atoms with E-state index >= 15 is 0 Å². The maximum Gasteiger partial charge on any atom is 0.310 e. The lowest BCUT2D eigenvalue weighted by Crippen LogP contribution is -2.25. The van der Waals surface area contributed by atoms with Crippen molar-refractivity contribution in [1.29, 1.82) is 0 Å². The van der Waals surface area contributed by atoms with Crippen molar-refractivity contribution < 1.29 is 15.0 Å². The van der Waals surface area contributed by atoms with Gasteiger partial charge in [0, 0.05) is 19.6 Å². The SMILES string of the molecule is O=C(O)C1CN(Cc2ccccc2)CC1O. The summed E-state index contributed by atoms with van der Waals surface area (Å²) in [5, 5.41) is 18.5. The number of carbonyl (C=O) groups is 1. The molecule has 1 fully saturated rings. The Hall–Kier alpha value is -1.39. The van der Waals surface area contributed by atoms with Crippen LogP contribution in [0.2, 0.25) is 0 Å². The van der Waals surface area contributed by atoms with Crippen LogP contribution in [-0.4, -0.2) is 40.3 Å². The van der Waals surface area contributed by atoms with Crippen molar-refractivity contribution in [3.63, 3.8) is 0 Å². The molecule has 4 heteroatoms. The van der Waals surface area contributed by atoms with Gasteiger partial charge in [0.25, 0.3) is 0 Å². The average Bonchev–Trinajstić information content (AvgIpc) is 2.61. The molecule has 0 saturated carbocycles. The van der Waals surface area contributed by atoms with E-state index in [9.17, 15) is 9.90 Å². The standard InChI is InChI=1S/C12H15NO3/c14-11-8-13(7-10(11)12(15)16)6-9-4-2-1-3-5-9/h1-5,10-11,14H,6-8H2,(H,15,16). The summed E-state index contributed by atoms with van der Waals surface area (Å²) >= 11 is 0. The molecule has 1 heterocycles. The molecule has 1 aromatic rings. The maximum absolute atomic E-state index is 10.8. The van der Waals surface area contributed by atoms with E-state index in [0.29, 0.717) is 19.6 Å². The fourth-order valence-corrected chi connectivity index (χ4v) is 2.08. The Labute approximate surface area is 94.1 Å². The summed E-state index contributed by atoms with van der Waals surface area (Å²) < 4.78 is 0. The summed E-state index contributed by atoms with van der Waals surface area (Å²) in [6.07, 6.45) is -0.749. The second-order valence-electron chi connectivity index (χ2n) is 4.19. The van der Waals surface area contributed by atoms with Crippen LogP contribution in [0.4, 0.5) is 0 Å². The summed E-state index contributed by atoms with van der Waals surface area (Å²) in [6, 6.07) is 9.86. The molecular formula is C12H15NO3. The zero-order chi connectivity index (χ0) is 11.5. The van der Waals surface area contributed by atoms with E-state index in [1.54, 1.807) is 0 Å². The smallest absolute Gasteiger partial charge is 0.310 e. The van der Waals surface area contributed by atoms with Gasteiger partial charge in [-0.3, -0.25) is 9.69 Å². The van der Waals surface area contributed by atoms with Crippen LogP contribution in [-0.2, 0) is 11.3 Å². The number of nitrogens with zero attached hydrogens (tertiary/aromatic N) is 1. The second-order valence-corrected chi connectivity index (χ2v) is 4.19. The van der Waals surface area contributed by atoms with E-state index in [4.69, 9.17) is 5.11 Å². The van der Waals surface area contributed by atoms with E-state index < -0.39 is 18.0 Å². The number of hydrogen-bond acceptors (Lipinski definition) is 3. The average molecular weight is 221 g/mol. The number of aliphatic hydroxyl groups is 1. The maximum atomic E-state index is 10.8. The Morgan fingerprint density at radius 1 is 1.31 bits per heavy atom. The van der Waals surface area contributed by atoms with Crippen molar-refractivity contribution in [2.24, 2.45) is 5.92 Å². The Kier molecular flexibility index (Phi) is 3.22. The van der Waals surface area contributed by atoms with Crippen molar-refractivity contribution in [2.75, 3.05) is 13.1 Å². The summed E-state index contributed by atoms with van der Waals surface area (Å²) in [6.45, 7) is 1.55. The summed E-state index contributed by atoms with van der Waals surface area (Å²) in [5.74, 6) is -1.56. The lowest BCUT2D eigenvalue weighted by molar-refractivity contribution is -0.143. The first-order valence-corrected chi connectivity index (χ1v) is 5.34. The van der Waals surface area contributed by atoms with Crippen molar-refractivity contribution >= 4 is 5.97 Å². The highest BCUT2D eigenvalue weighted by Crippen LogP contribution is 2.19. The van der Waals surface area contributed by atoms with E-state index in [1.807, 2.05) is 35.2 Å². The van der Waals surface area contributed by atoms with Crippen LogP contribution in [0.1, 0.15) is 5.56 Å². The molecule has 0 bridgehead atoms. The van der Waals surface area contributed by atoms with Crippen LogP contribution in [0, 0.1) is 5.92 Å². The highest BCUT2D eigenvalue weighted by atomic mass is 16.4. The van der Waals surface area contributed by atoms with E-state index in [1.165, 1.54) is 0 Å². The van der Waals surface area contributed by atoms with Gasteiger partial charge in [-0.05, 0) is 5.56 Å². The molecule has 4 nitrogen and oxygen atoms in total. The largest absolute Gasteiger partial charge is 0.481 e. The molecule has 0 aromatic heterocycles. The Morgan fingerprint density at radius 3 is 2.56 bits per heavy atom. The first-order valence-electron chi connectivity index (χ1n) is 5.34. The third-order valence-corrected chi connectivity index (χ3v) is 2.93. The van der Waals surface area contributed by atoms with Crippen molar-refractivity contribution in [3.8, 4) is 0 Å². The van der Waals surface area contributed by atoms with Crippen LogP contribution < -0.4 is 0 Å². The molecule has 0 amide bonds. The monoisotopic (exact) mass is 221 g/mol.